The molecule has 1 N–H and O–H groups in total. The van der Waals surface area contributed by atoms with Crippen LogP contribution in [0.25, 0.3) is 0 Å². The minimum Gasteiger partial charge on any atom is -0.463 e. The highest BCUT2D eigenvalue weighted by atomic mass is 17.0. The third kappa shape index (κ3) is 6.75. The smallest absolute Gasteiger partial charge is 0.319 e. The fourth-order valence-corrected chi connectivity index (χ4v) is 0.463. The number of carbonyl (C=O) groups is 1. The molecule has 0 bridgehead atoms. The first kappa shape index (κ1) is 10.6. The van der Waals surface area contributed by atoms with Crippen molar-refractivity contribution in [3.8, 4) is 0 Å². The molecule has 0 aliphatic heterocycles. The van der Waals surface area contributed by atoms with E-state index >= 15 is 0 Å². The second-order valence-electron chi connectivity index (χ2n) is 1.81. The summed E-state index contributed by atoms with van der Waals surface area (Å²) in [5.41, 5.74) is 0. The van der Waals surface area contributed by atoms with E-state index < -0.39 is 11.1 Å². The van der Waals surface area contributed by atoms with E-state index in [0.717, 1.165) is 0 Å². The van der Waals surface area contributed by atoms with E-state index in [9.17, 15) is 14.9 Å². The lowest BCUT2D eigenvalue weighted by Gasteiger charge is -2.02. The average Bonchev–Trinajstić information content (AvgIpc) is 1.98. The molecule has 0 aromatic rings. The summed E-state index contributed by atoms with van der Waals surface area (Å²) < 4.78 is 4.50. The summed E-state index contributed by atoms with van der Waals surface area (Å²) in [5, 5.41) is 11.2. The Kier molecular flexibility index (Phi) is 5.62. The Morgan fingerprint density at radius 2 is 2.25 bits per heavy atom. The molecule has 0 spiro atoms. The van der Waals surface area contributed by atoms with Gasteiger partial charge in [-0.3, -0.25) is 4.79 Å². The predicted molar refractivity (Wildman–Crippen MR) is 37.8 cm³/mol. The number of nitrogens with zero attached hydrogens (tertiary/aromatic N) is 1. The molecule has 7 nitrogen and oxygen atoms in total. The standard InChI is InChI=1S/C5H10N2O5/c1-6-4-5(8)11-2-3-12-7(9)10/h6H,2-4H2,1H3. The number of likely N-dealkylation sites (N-methyl/N-ethyl adjacent to an activating group) is 1. The van der Waals surface area contributed by atoms with Crippen molar-refractivity contribution >= 4 is 5.97 Å². The highest BCUT2D eigenvalue weighted by Gasteiger charge is 2.00. The molecule has 0 heterocycles. The molecule has 0 aromatic heterocycles. The molecule has 0 fully saturated rings. The molecule has 0 atom stereocenters. The SMILES string of the molecule is CNCC(=O)OCCO[N+](=O)[O-]. The summed E-state index contributed by atoms with van der Waals surface area (Å²) in [5.74, 6) is -0.468. The number of carbonyl (C=O) groups excluding carboxylic acids is 1. The number of esters is 1. The first-order chi connectivity index (χ1) is 5.66. The van der Waals surface area contributed by atoms with Crippen molar-refractivity contribution in [2.45, 2.75) is 0 Å². The van der Waals surface area contributed by atoms with Crippen molar-refractivity contribution in [3.63, 3.8) is 0 Å². The Balaban J connectivity index is 3.19. The quantitative estimate of drug-likeness (QED) is 0.242. The largest absolute Gasteiger partial charge is 0.463 e. The number of nitrogens with one attached hydrogen (secondary N) is 1. The van der Waals surface area contributed by atoms with Crippen molar-refractivity contribution in [1.29, 1.82) is 0 Å². The monoisotopic (exact) mass is 178 g/mol. The summed E-state index contributed by atoms with van der Waals surface area (Å²) in [6.07, 6.45) is 0. The zero-order chi connectivity index (χ0) is 9.40. The summed E-state index contributed by atoms with van der Waals surface area (Å²) >= 11 is 0. The normalized spacial score (nSPS) is 9.08. The maximum atomic E-state index is 10.6. The first-order valence-corrected chi connectivity index (χ1v) is 3.24. The fourth-order valence-electron chi connectivity index (χ4n) is 0.463. The van der Waals surface area contributed by atoms with Crippen molar-refractivity contribution in [3.05, 3.63) is 10.1 Å². The van der Waals surface area contributed by atoms with Gasteiger partial charge in [-0.1, -0.05) is 0 Å². The maximum Gasteiger partial charge on any atom is 0.319 e. The maximum absolute atomic E-state index is 10.6. The van der Waals surface area contributed by atoms with Crippen molar-refractivity contribution in [2.75, 3.05) is 26.8 Å². The van der Waals surface area contributed by atoms with Crippen LogP contribution in [0, 0.1) is 10.1 Å². The minimum atomic E-state index is -0.939. The number of hydrogen-bond donors (Lipinski definition) is 1. The van der Waals surface area contributed by atoms with E-state index in [1.54, 1.807) is 7.05 Å². The molecule has 0 aliphatic carbocycles. The molecule has 0 rings (SSSR count). The summed E-state index contributed by atoms with van der Waals surface area (Å²) in [6.45, 7) is -0.261. The number of rotatable bonds is 6. The Bertz CT molecular complexity index is 160. The zero-order valence-corrected chi connectivity index (χ0v) is 6.61. The summed E-state index contributed by atoms with van der Waals surface area (Å²) in [4.78, 5) is 24.1. The van der Waals surface area contributed by atoms with Gasteiger partial charge in [-0.25, -0.2) is 0 Å². The lowest BCUT2D eigenvalue weighted by Crippen LogP contribution is -2.22. The van der Waals surface area contributed by atoms with E-state index in [2.05, 4.69) is 14.9 Å². The van der Waals surface area contributed by atoms with E-state index in [0.29, 0.717) is 0 Å². The highest BCUT2D eigenvalue weighted by Crippen LogP contribution is 1.79. The lowest BCUT2D eigenvalue weighted by molar-refractivity contribution is -0.757. The van der Waals surface area contributed by atoms with Gasteiger partial charge in [-0.15, -0.1) is 10.1 Å². The Hall–Kier alpha value is -1.37. The molecule has 0 unspecified atom stereocenters. The van der Waals surface area contributed by atoms with Gasteiger partial charge in [0.1, 0.15) is 13.2 Å². The topological polar surface area (TPSA) is 90.7 Å². The minimum absolute atomic E-state index is 0.0818. The van der Waals surface area contributed by atoms with Crippen LogP contribution in [0.4, 0.5) is 0 Å². The van der Waals surface area contributed by atoms with Crippen LogP contribution < -0.4 is 5.32 Å². The molecule has 0 radical (unpaired) electrons. The molecular weight excluding hydrogens is 168 g/mol. The van der Waals surface area contributed by atoms with Gasteiger partial charge < -0.3 is 14.9 Å². The van der Waals surface area contributed by atoms with Gasteiger partial charge in [0.25, 0.3) is 5.09 Å². The highest BCUT2D eigenvalue weighted by molar-refractivity contribution is 5.71. The molecular formula is C5H10N2O5. The van der Waals surface area contributed by atoms with Crippen molar-refractivity contribution in [2.24, 2.45) is 0 Å². The predicted octanol–water partition coefficient (Wildman–Crippen LogP) is -1.04. The van der Waals surface area contributed by atoms with E-state index in [1.165, 1.54) is 0 Å². The van der Waals surface area contributed by atoms with Gasteiger partial charge >= 0.3 is 5.97 Å². The van der Waals surface area contributed by atoms with Gasteiger partial charge in [0.2, 0.25) is 0 Å². The molecule has 0 aliphatic rings. The van der Waals surface area contributed by atoms with Crippen molar-refractivity contribution < 1.29 is 19.5 Å². The molecule has 0 saturated heterocycles. The van der Waals surface area contributed by atoms with E-state index in [1.807, 2.05) is 0 Å². The van der Waals surface area contributed by atoms with Gasteiger partial charge in [-0.2, -0.15) is 0 Å². The second kappa shape index (κ2) is 6.35. The Labute approximate surface area is 68.7 Å². The van der Waals surface area contributed by atoms with E-state index in [-0.39, 0.29) is 19.8 Å². The summed E-state index contributed by atoms with van der Waals surface area (Å²) in [6, 6.07) is 0. The third-order valence-electron chi connectivity index (χ3n) is 0.864. The Morgan fingerprint density at radius 3 is 2.75 bits per heavy atom. The van der Waals surface area contributed by atoms with Crippen LogP contribution in [0.1, 0.15) is 0 Å². The first-order valence-electron chi connectivity index (χ1n) is 3.24. The molecule has 0 aromatic carbocycles. The van der Waals surface area contributed by atoms with Crippen LogP contribution in [0.5, 0.6) is 0 Å². The lowest BCUT2D eigenvalue weighted by atomic mass is 10.6. The van der Waals surface area contributed by atoms with Crippen LogP contribution in [0.3, 0.4) is 0 Å². The van der Waals surface area contributed by atoms with Gasteiger partial charge in [-0.05, 0) is 7.05 Å². The Morgan fingerprint density at radius 1 is 1.58 bits per heavy atom. The summed E-state index contributed by atoms with van der Waals surface area (Å²) in [7, 11) is 1.59. The van der Waals surface area contributed by atoms with E-state index in [4.69, 9.17) is 0 Å². The third-order valence-corrected chi connectivity index (χ3v) is 0.864. The molecule has 12 heavy (non-hydrogen) atoms. The molecule has 7 heteroatoms. The van der Waals surface area contributed by atoms with Crippen LogP contribution in [0.2, 0.25) is 0 Å². The van der Waals surface area contributed by atoms with Crippen LogP contribution in [0.15, 0.2) is 0 Å². The average molecular weight is 178 g/mol. The van der Waals surface area contributed by atoms with Crippen LogP contribution in [-0.2, 0) is 14.4 Å². The van der Waals surface area contributed by atoms with Gasteiger partial charge in [0.05, 0.1) is 6.54 Å². The van der Waals surface area contributed by atoms with Gasteiger partial charge in [0.15, 0.2) is 0 Å². The van der Waals surface area contributed by atoms with Crippen molar-refractivity contribution in [1.82, 2.24) is 5.32 Å². The molecule has 70 valence electrons. The molecule has 0 amide bonds. The van der Waals surface area contributed by atoms with Crippen LogP contribution in [-0.4, -0.2) is 37.9 Å². The number of ether oxygens (including phenoxy) is 1. The van der Waals surface area contributed by atoms with Crippen LogP contribution >= 0.6 is 0 Å². The number of hydrogen-bond acceptors (Lipinski definition) is 6. The second-order valence-corrected chi connectivity index (χ2v) is 1.81. The zero-order valence-electron chi connectivity index (χ0n) is 6.61. The fraction of sp³-hybridized carbons (Fsp3) is 0.800. The molecule has 0 saturated carbocycles. The van der Waals surface area contributed by atoms with Gasteiger partial charge in [0, 0.05) is 0 Å².